The van der Waals surface area contributed by atoms with Gasteiger partial charge in [0, 0.05) is 18.8 Å². The number of oxime groups is 1. The van der Waals surface area contributed by atoms with Crippen molar-refractivity contribution in [1.29, 1.82) is 0 Å². The van der Waals surface area contributed by atoms with E-state index in [2.05, 4.69) is 15.1 Å². The normalized spacial score (nSPS) is 11.5. The maximum Gasteiger partial charge on any atom is 0.159 e. The number of pyridine rings is 1. The van der Waals surface area contributed by atoms with E-state index in [1.807, 2.05) is 17.7 Å². The number of hydrogen-bond donors (Lipinski definition) is 1. The van der Waals surface area contributed by atoms with E-state index in [1.54, 1.807) is 12.5 Å². The number of hydrogen-bond acceptors (Lipinski definition) is 4. The maximum absolute atomic E-state index is 8.31. The first kappa shape index (κ1) is 7.72. The summed E-state index contributed by atoms with van der Waals surface area (Å²) < 4.78 is 1.83. The van der Waals surface area contributed by atoms with Gasteiger partial charge in [0.15, 0.2) is 5.65 Å². The van der Waals surface area contributed by atoms with Crippen LogP contribution in [-0.4, -0.2) is 26.0 Å². The third-order valence-electron chi connectivity index (χ3n) is 1.78. The molecule has 0 saturated heterocycles. The van der Waals surface area contributed by atoms with Crippen LogP contribution in [0.2, 0.25) is 0 Å². The highest BCUT2D eigenvalue weighted by atomic mass is 16.4. The molecule has 5 nitrogen and oxygen atoms in total. The topological polar surface area (TPSA) is 63.3 Å². The fraction of sp³-hybridized carbons (Fsp3) is 0.125. The summed E-state index contributed by atoms with van der Waals surface area (Å²) in [7, 11) is 1.88. The number of rotatable bonds is 1. The van der Waals surface area contributed by atoms with E-state index in [1.165, 1.54) is 6.21 Å². The zero-order valence-corrected chi connectivity index (χ0v) is 7.05. The Labute approximate surface area is 74.3 Å². The van der Waals surface area contributed by atoms with Crippen molar-refractivity contribution in [2.24, 2.45) is 12.2 Å². The Morgan fingerprint density at radius 2 is 2.38 bits per heavy atom. The summed E-state index contributed by atoms with van der Waals surface area (Å²) in [4.78, 5) is 8.28. The largest absolute Gasteiger partial charge is 0.411 e. The molecule has 1 N–H and O–H groups in total. The SMILES string of the molecule is Cn1cnc2cc(C=NO)cnc21. The van der Waals surface area contributed by atoms with Crippen LogP contribution in [0.5, 0.6) is 0 Å². The second-order valence-electron chi connectivity index (χ2n) is 2.71. The van der Waals surface area contributed by atoms with E-state index >= 15 is 0 Å². The number of aryl methyl sites for hydroxylation is 1. The fourth-order valence-electron chi connectivity index (χ4n) is 1.17. The molecule has 0 aliphatic rings. The molecule has 0 aliphatic heterocycles. The smallest absolute Gasteiger partial charge is 0.159 e. The lowest BCUT2D eigenvalue weighted by molar-refractivity contribution is 0.322. The molecule has 2 aromatic heterocycles. The summed E-state index contributed by atoms with van der Waals surface area (Å²) in [5.41, 5.74) is 2.34. The Morgan fingerprint density at radius 1 is 1.54 bits per heavy atom. The van der Waals surface area contributed by atoms with Crippen molar-refractivity contribution >= 4 is 17.4 Å². The van der Waals surface area contributed by atoms with Crippen LogP contribution < -0.4 is 0 Å². The molecule has 0 aromatic carbocycles. The molecule has 0 radical (unpaired) electrons. The highest BCUT2D eigenvalue weighted by molar-refractivity contribution is 5.84. The molecule has 0 atom stereocenters. The Bertz CT molecular complexity index is 460. The fourth-order valence-corrected chi connectivity index (χ4v) is 1.17. The van der Waals surface area contributed by atoms with Gasteiger partial charge >= 0.3 is 0 Å². The van der Waals surface area contributed by atoms with Gasteiger partial charge in [0.1, 0.15) is 5.52 Å². The van der Waals surface area contributed by atoms with Crippen molar-refractivity contribution in [3.63, 3.8) is 0 Å². The summed E-state index contributed by atoms with van der Waals surface area (Å²) in [5.74, 6) is 0. The second-order valence-corrected chi connectivity index (χ2v) is 2.71. The molecule has 0 fully saturated rings. The molecular weight excluding hydrogens is 168 g/mol. The maximum atomic E-state index is 8.31. The van der Waals surface area contributed by atoms with E-state index < -0.39 is 0 Å². The standard InChI is InChI=1S/C8H8N4O/c1-12-5-10-7-2-6(4-11-13)3-9-8(7)12/h2-5,13H,1H3. The average molecular weight is 176 g/mol. The predicted octanol–water partition coefficient (Wildman–Crippen LogP) is 0.776. The predicted molar refractivity (Wildman–Crippen MR) is 47.9 cm³/mol. The van der Waals surface area contributed by atoms with Gasteiger partial charge in [-0.15, -0.1) is 0 Å². The third kappa shape index (κ3) is 1.24. The molecule has 2 aromatic rings. The van der Waals surface area contributed by atoms with Gasteiger partial charge in [-0.05, 0) is 6.07 Å². The van der Waals surface area contributed by atoms with Gasteiger partial charge < -0.3 is 9.77 Å². The Balaban J connectivity index is 2.63. The molecule has 0 spiro atoms. The van der Waals surface area contributed by atoms with Crippen LogP contribution in [0.1, 0.15) is 5.56 Å². The number of nitrogens with zero attached hydrogens (tertiary/aromatic N) is 4. The first-order valence-corrected chi connectivity index (χ1v) is 3.76. The van der Waals surface area contributed by atoms with Gasteiger partial charge in [0.2, 0.25) is 0 Å². The molecule has 0 amide bonds. The van der Waals surface area contributed by atoms with Crippen molar-refractivity contribution in [1.82, 2.24) is 14.5 Å². The molecule has 0 aliphatic carbocycles. The molecule has 66 valence electrons. The monoisotopic (exact) mass is 176 g/mol. The van der Waals surface area contributed by atoms with E-state index in [9.17, 15) is 0 Å². The molecule has 0 unspecified atom stereocenters. The third-order valence-corrected chi connectivity index (χ3v) is 1.78. The van der Waals surface area contributed by atoms with Crippen molar-refractivity contribution in [2.45, 2.75) is 0 Å². The second kappa shape index (κ2) is 2.85. The van der Waals surface area contributed by atoms with Crippen LogP contribution in [0.3, 0.4) is 0 Å². The molecule has 13 heavy (non-hydrogen) atoms. The lowest BCUT2D eigenvalue weighted by atomic mass is 10.3. The minimum atomic E-state index is 0.730. The number of imidazole rings is 1. The summed E-state index contributed by atoms with van der Waals surface area (Å²) >= 11 is 0. The highest BCUT2D eigenvalue weighted by Gasteiger charge is 2.00. The summed E-state index contributed by atoms with van der Waals surface area (Å²) in [6.45, 7) is 0. The van der Waals surface area contributed by atoms with Gasteiger partial charge in [-0.2, -0.15) is 0 Å². The molecule has 2 rings (SSSR count). The summed E-state index contributed by atoms with van der Waals surface area (Å²) in [6.07, 6.45) is 4.64. The quantitative estimate of drug-likeness (QED) is 0.396. The zero-order valence-electron chi connectivity index (χ0n) is 7.05. The van der Waals surface area contributed by atoms with Gasteiger partial charge in [-0.25, -0.2) is 9.97 Å². The van der Waals surface area contributed by atoms with Gasteiger partial charge in [-0.1, -0.05) is 5.16 Å². The van der Waals surface area contributed by atoms with Crippen molar-refractivity contribution in [3.8, 4) is 0 Å². The highest BCUT2D eigenvalue weighted by Crippen LogP contribution is 2.08. The van der Waals surface area contributed by atoms with Crippen molar-refractivity contribution in [3.05, 3.63) is 24.2 Å². The minimum Gasteiger partial charge on any atom is -0.411 e. The molecule has 5 heteroatoms. The van der Waals surface area contributed by atoms with Crippen LogP contribution in [0.4, 0.5) is 0 Å². The number of aromatic nitrogens is 3. The van der Waals surface area contributed by atoms with Gasteiger partial charge in [0.05, 0.1) is 12.5 Å². The number of fused-ring (bicyclic) bond motifs is 1. The van der Waals surface area contributed by atoms with Gasteiger partial charge in [-0.3, -0.25) is 0 Å². The van der Waals surface area contributed by atoms with Crippen molar-refractivity contribution < 1.29 is 5.21 Å². The average Bonchev–Trinajstić information content (AvgIpc) is 2.48. The zero-order chi connectivity index (χ0) is 9.26. The van der Waals surface area contributed by atoms with E-state index in [-0.39, 0.29) is 0 Å². The molecule has 0 bridgehead atoms. The first-order chi connectivity index (χ1) is 6.31. The summed E-state index contributed by atoms with van der Waals surface area (Å²) in [6, 6.07) is 1.81. The van der Waals surface area contributed by atoms with Crippen molar-refractivity contribution in [2.75, 3.05) is 0 Å². The Morgan fingerprint density at radius 3 is 3.15 bits per heavy atom. The molecule has 0 saturated carbocycles. The van der Waals surface area contributed by atoms with E-state index in [0.717, 1.165) is 16.7 Å². The van der Waals surface area contributed by atoms with E-state index in [0.29, 0.717) is 0 Å². The minimum absolute atomic E-state index is 0.730. The lowest BCUT2D eigenvalue weighted by Crippen LogP contribution is -1.89. The molecule has 2 heterocycles. The van der Waals surface area contributed by atoms with Crippen LogP contribution in [0.15, 0.2) is 23.7 Å². The lowest BCUT2D eigenvalue weighted by Gasteiger charge is -1.93. The van der Waals surface area contributed by atoms with Crippen LogP contribution in [0, 0.1) is 0 Å². The van der Waals surface area contributed by atoms with Gasteiger partial charge in [0.25, 0.3) is 0 Å². The molecular formula is C8H8N4O. The first-order valence-electron chi connectivity index (χ1n) is 3.76. The Hall–Kier alpha value is -1.91. The summed E-state index contributed by atoms with van der Waals surface area (Å²) in [5, 5.41) is 11.2. The van der Waals surface area contributed by atoms with E-state index in [4.69, 9.17) is 5.21 Å². The van der Waals surface area contributed by atoms with Crippen LogP contribution in [0.25, 0.3) is 11.2 Å². The Kier molecular flexibility index (Phi) is 1.70. The van der Waals surface area contributed by atoms with Crippen LogP contribution in [-0.2, 0) is 7.05 Å². The van der Waals surface area contributed by atoms with Crippen LogP contribution >= 0.6 is 0 Å².